The van der Waals surface area contributed by atoms with Crippen LogP contribution >= 0.6 is 11.3 Å². The van der Waals surface area contributed by atoms with Gasteiger partial charge in [0.1, 0.15) is 5.75 Å². The van der Waals surface area contributed by atoms with Crippen molar-refractivity contribution in [2.75, 3.05) is 11.9 Å². The highest BCUT2D eigenvalue weighted by atomic mass is 32.1. The number of anilines is 1. The lowest BCUT2D eigenvalue weighted by molar-refractivity contribution is -0.116. The fourth-order valence-corrected chi connectivity index (χ4v) is 4.08. The first kappa shape index (κ1) is 20.9. The average molecular weight is 460 g/mol. The van der Waals surface area contributed by atoms with E-state index in [2.05, 4.69) is 20.4 Å². The summed E-state index contributed by atoms with van der Waals surface area (Å²) in [4.78, 5) is 22.3. The molecule has 9 heteroatoms. The van der Waals surface area contributed by atoms with Crippen LogP contribution in [0.25, 0.3) is 27.6 Å². The molecule has 0 atom stereocenters. The highest BCUT2D eigenvalue weighted by Gasteiger charge is 2.12. The maximum atomic E-state index is 12.4. The Kier molecular flexibility index (Phi) is 5.86. The van der Waals surface area contributed by atoms with Crippen LogP contribution in [0.1, 0.15) is 19.2 Å². The third-order valence-electron chi connectivity index (χ3n) is 5.02. The Morgan fingerprint density at radius 2 is 1.88 bits per heavy atom. The van der Waals surface area contributed by atoms with Gasteiger partial charge < -0.3 is 14.6 Å². The number of benzene rings is 2. The molecule has 3 heterocycles. The standard InChI is InChI=1S/C24H21N5O3S/c1-2-31-19-9-5-17(6-10-19)23-27-22(32-28-23)12-11-21(30)25-18-7-3-16(4-8-18)20-15-29-13-14-33-24(29)26-20/h3-10,13-15H,2,11-12H2,1H3,(H,25,30). The van der Waals surface area contributed by atoms with E-state index in [1.807, 2.05) is 77.6 Å². The van der Waals surface area contributed by atoms with Crippen LogP contribution in [0.3, 0.4) is 0 Å². The maximum absolute atomic E-state index is 12.4. The highest BCUT2D eigenvalue weighted by molar-refractivity contribution is 7.15. The molecule has 1 amide bonds. The number of hydrogen-bond acceptors (Lipinski definition) is 7. The van der Waals surface area contributed by atoms with Gasteiger partial charge in [-0.15, -0.1) is 11.3 Å². The first-order chi connectivity index (χ1) is 16.2. The van der Waals surface area contributed by atoms with E-state index < -0.39 is 0 Å². The van der Waals surface area contributed by atoms with Gasteiger partial charge >= 0.3 is 0 Å². The number of amides is 1. The summed E-state index contributed by atoms with van der Waals surface area (Å²) in [6, 6.07) is 15.1. The van der Waals surface area contributed by atoms with E-state index in [1.54, 1.807) is 11.3 Å². The Morgan fingerprint density at radius 3 is 2.64 bits per heavy atom. The Morgan fingerprint density at radius 1 is 1.09 bits per heavy atom. The summed E-state index contributed by atoms with van der Waals surface area (Å²) < 4.78 is 12.7. The van der Waals surface area contributed by atoms with Crippen LogP contribution < -0.4 is 10.1 Å². The van der Waals surface area contributed by atoms with Crippen molar-refractivity contribution in [3.05, 3.63) is 72.2 Å². The SMILES string of the molecule is CCOc1ccc(-c2noc(CCC(=O)Nc3ccc(-c4cn5ccsc5n4)cc3)n2)cc1. The predicted molar refractivity (Wildman–Crippen MR) is 126 cm³/mol. The lowest BCUT2D eigenvalue weighted by Crippen LogP contribution is -2.12. The van der Waals surface area contributed by atoms with Gasteiger partial charge in [-0.25, -0.2) is 4.98 Å². The topological polar surface area (TPSA) is 94.5 Å². The van der Waals surface area contributed by atoms with E-state index in [1.165, 1.54) is 0 Å². The van der Waals surface area contributed by atoms with Crippen LogP contribution in [0.15, 0.2) is 70.8 Å². The number of ether oxygens (including phenoxy) is 1. The van der Waals surface area contributed by atoms with Gasteiger partial charge in [0, 0.05) is 47.4 Å². The predicted octanol–water partition coefficient (Wildman–Crippen LogP) is 5.08. The van der Waals surface area contributed by atoms with Crippen molar-refractivity contribution in [1.82, 2.24) is 19.5 Å². The van der Waals surface area contributed by atoms with Crippen LogP contribution in [0, 0.1) is 0 Å². The largest absolute Gasteiger partial charge is 0.494 e. The number of aromatic nitrogens is 4. The van der Waals surface area contributed by atoms with Gasteiger partial charge in [0.25, 0.3) is 0 Å². The lowest BCUT2D eigenvalue weighted by Gasteiger charge is -2.05. The maximum Gasteiger partial charge on any atom is 0.227 e. The Bertz CT molecular complexity index is 1340. The molecular weight excluding hydrogens is 438 g/mol. The van der Waals surface area contributed by atoms with E-state index in [-0.39, 0.29) is 12.3 Å². The molecule has 0 aliphatic carbocycles. The second kappa shape index (κ2) is 9.25. The molecule has 8 nitrogen and oxygen atoms in total. The normalized spacial score (nSPS) is 11.1. The molecule has 166 valence electrons. The molecule has 0 bridgehead atoms. The molecule has 0 fully saturated rings. The number of carbonyl (C=O) groups is 1. The van der Waals surface area contributed by atoms with Crippen molar-refractivity contribution >= 4 is 27.9 Å². The molecule has 0 spiro atoms. The molecule has 33 heavy (non-hydrogen) atoms. The summed E-state index contributed by atoms with van der Waals surface area (Å²) in [5.41, 5.74) is 3.46. The van der Waals surface area contributed by atoms with Crippen LogP contribution in [0.2, 0.25) is 0 Å². The minimum absolute atomic E-state index is 0.119. The number of rotatable bonds is 8. The van der Waals surface area contributed by atoms with E-state index in [0.717, 1.165) is 33.2 Å². The average Bonchev–Trinajstić information content (AvgIpc) is 3.56. The molecule has 0 unspecified atom stereocenters. The molecule has 1 N–H and O–H groups in total. The summed E-state index contributed by atoms with van der Waals surface area (Å²) in [5, 5.41) is 8.91. The monoisotopic (exact) mass is 459 g/mol. The van der Waals surface area contributed by atoms with Crippen molar-refractivity contribution in [1.29, 1.82) is 0 Å². The van der Waals surface area contributed by atoms with Crippen LogP contribution in [-0.4, -0.2) is 32.0 Å². The van der Waals surface area contributed by atoms with Crippen molar-refractivity contribution < 1.29 is 14.1 Å². The molecule has 0 saturated heterocycles. The number of nitrogens with zero attached hydrogens (tertiary/aromatic N) is 4. The molecule has 5 aromatic rings. The number of imidazole rings is 1. The fraction of sp³-hybridized carbons (Fsp3) is 0.167. The number of thiazole rings is 1. The zero-order chi connectivity index (χ0) is 22.6. The summed E-state index contributed by atoms with van der Waals surface area (Å²) in [7, 11) is 0. The zero-order valence-electron chi connectivity index (χ0n) is 17.9. The number of hydrogen-bond donors (Lipinski definition) is 1. The van der Waals surface area contributed by atoms with E-state index >= 15 is 0 Å². The third-order valence-corrected chi connectivity index (χ3v) is 5.79. The number of fused-ring (bicyclic) bond motifs is 1. The van der Waals surface area contributed by atoms with Crippen molar-refractivity contribution in [3.63, 3.8) is 0 Å². The molecule has 5 rings (SSSR count). The van der Waals surface area contributed by atoms with Crippen LogP contribution in [-0.2, 0) is 11.2 Å². The highest BCUT2D eigenvalue weighted by Crippen LogP contribution is 2.23. The molecule has 0 aliphatic heterocycles. The molecule has 0 saturated carbocycles. The van der Waals surface area contributed by atoms with Crippen molar-refractivity contribution in [2.24, 2.45) is 0 Å². The van der Waals surface area contributed by atoms with Gasteiger partial charge in [-0.3, -0.25) is 9.20 Å². The summed E-state index contributed by atoms with van der Waals surface area (Å²) in [5.74, 6) is 1.58. The molecule has 0 aliphatic rings. The van der Waals surface area contributed by atoms with Crippen LogP contribution in [0.4, 0.5) is 5.69 Å². The summed E-state index contributed by atoms with van der Waals surface area (Å²) in [6.45, 7) is 2.55. The first-order valence-electron chi connectivity index (χ1n) is 10.6. The van der Waals surface area contributed by atoms with Gasteiger partial charge in [-0.05, 0) is 43.3 Å². The van der Waals surface area contributed by atoms with Crippen molar-refractivity contribution in [2.45, 2.75) is 19.8 Å². The Hall–Kier alpha value is -3.98. The summed E-state index contributed by atoms with van der Waals surface area (Å²) >= 11 is 1.59. The number of carbonyl (C=O) groups excluding carboxylic acids is 1. The third kappa shape index (κ3) is 4.78. The smallest absolute Gasteiger partial charge is 0.227 e. The number of nitrogens with one attached hydrogen (secondary N) is 1. The molecule has 3 aromatic heterocycles. The van der Waals surface area contributed by atoms with Gasteiger partial charge in [-0.2, -0.15) is 4.98 Å². The van der Waals surface area contributed by atoms with Crippen molar-refractivity contribution in [3.8, 4) is 28.4 Å². The van der Waals surface area contributed by atoms with Gasteiger partial charge in [0.05, 0.1) is 12.3 Å². The van der Waals surface area contributed by atoms with Crippen LogP contribution in [0.5, 0.6) is 5.75 Å². The first-order valence-corrected chi connectivity index (χ1v) is 11.4. The number of aryl methyl sites for hydroxylation is 1. The van der Waals surface area contributed by atoms with Gasteiger partial charge in [0.2, 0.25) is 17.6 Å². The Labute approximate surface area is 193 Å². The zero-order valence-corrected chi connectivity index (χ0v) is 18.7. The molecule has 2 aromatic carbocycles. The quantitative estimate of drug-likeness (QED) is 0.348. The molecular formula is C24H21N5O3S. The van der Waals surface area contributed by atoms with E-state index in [0.29, 0.717) is 24.7 Å². The van der Waals surface area contributed by atoms with E-state index in [4.69, 9.17) is 9.26 Å². The van der Waals surface area contributed by atoms with Gasteiger partial charge in [-0.1, -0.05) is 17.3 Å². The van der Waals surface area contributed by atoms with E-state index in [9.17, 15) is 4.79 Å². The Balaban J connectivity index is 1.15. The summed E-state index contributed by atoms with van der Waals surface area (Å²) in [6.07, 6.45) is 4.57. The lowest BCUT2D eigenvalue weighted by atomic mass is 10.1. The second-order valence-corrected chi connectivity index (χ2v) is 8.19. The second-order valence-electron chi connectivity index (χ2n) is 7.31. The van der Waals surface area contributed by atoms with Gasteiger partial charge in [0.15, 0.2) is 4.96 Å². The fourth-order valence-electron chi connectivity index (χ4n) is 3.38. The molecule has 0 radical (unpaired) electrons. The minimum atomic E-state index is -0.119. The minimum Gasteiger partial charge on any atom is -0.494 e.